The maximum Gasteiger partial charge on any atom is 0.264 e. The molecule has 2 amide bonds. The summed E-state index contributed by atoms with van der Waals surface area (Å²) >= 11 is 5.00. The predicted molar refractivity (Wildman–Crippen MR) is 204 cm³/mol. The van der Waals surface area contributed by atoms with Gasteiger partial charge in [-0.25, -0.2) is 8.42 Å². The van der Waals surface area contributed by atoms with E-state index in [0.717, 1.165) is 56.9 Å². The first-order valence-electron chi connectivity index (χ1n) is 17.0. The van der Waals surface area contributed by atoms with Gasteiger partial charge in [-0.3, -0.25) is 13.9 Å². The highest BCUT2D eigenvalue weighted by Crippen LogP contribution is 2.28. The molecule has 1 atom stereocenters. The monoisotopic (exact) mass is 777 g/mol. The van der Waals surface area contributed by atoms with E-state index in [-0.39, 0.29) is 29.8 Å². The fraction of sp³-hybridized carbons (Fsp3) is 0.333. The summed E-state index contributed by atoms with van der Waals surface area (Å²) in [5, 5.41) is 3.25. The Morgan fingerprint density at radius 1 is 0.880 bits per heavy atom. The van der Waals surface area contributed by atoms with Crippen molar-refractivity contribution in [1.29, 1.82) is 0 Å². The number of halogens is 1. The van der Waals surface area contributed by atoms with Crippen LogP contribution in [-0.2, 0) is 32.6 Å². The lowest BCUT2D eigenvalue weighted by molar-refractivity contribution is -0.140. The van der Waals surface area contributed by atoms with Crippen LogP contribution in [0.25, 0.3) is 0 Å². The molecule has 0 radical (unpaired) electrons. The number of amides is 2. The Morgan fingerprint density at radius 3 is 2.16 bits per heavy atom. The summed E-state index contributed by atoms with van der Waals surface area (Å²) in [4.78, 5) is 31.6. The fourth-order valence-electron chi connectivity index (χ4n) is 6.16. The van der Waals surface area contributed by atoms with Crippen molar-refractivity contribution in [2.45, 2.75) is 73.9 Å². The van der Waals surface area contributed by atoms with Crippen molar-refractivity contribution >= 4 is 55.2 Å². The van der Waals surface area contributed by atoms with E-state index in [2.05, 4.69) is 21.2 Å². The lowest BCUT2D eigenvalue weighted by Crippen LogP contribution is -2.55. The molecule has 0 aliphatic heterocycles. The van der Waals surface area contributed by atoms with Crippen molar-refractivity contribution in [3.63, 3.8) is 0 Å². The molecule has 0 aromatic heterocycles. The fourth-order valence-corrected chi connectivity index (χ4v) is 8.25. The van der Waals surface area contributed by atoms with E-state index in [1.165, 1.54) is 11.8 Å². The standard InChI is InChI=1S/C39H44BrN3O5S2/c1-3-48-34-20-18-33(19-21-34)43(50(46,47)36-24-22-35(49-2)23-25-36)28-38(44)42(27-30-14-16-31(40)17-15-30)37(26-29-10-6-4-7-11-29)39(45)41-32-12-8-5-9-13-32/h4,6-7,10-11,14-25,32,37H,3,5,8-9,12-13,26-28H2,1-2H3,(H,41,45)/t37-/m0/s1. The molecule has 4 aromatic carbocycles. The van der Waals surface area contributed by atoms with Gasteiger partial charge in [-0.1, -0.05) is 77.7 Å². The molecule has 0 heterocycles. The number of anilines is 1. The molecular formula is C39H44BrN3O5S2. The first kappa shape index (κ1) is 37.5. The van der Waals surface area contributed by atoms with Gasteiger partial charge < -0.3 is 15.0 Å². The molecule has 1 saturated carbocycles. The van der Waals surface area contributed by atoms with Crippen molar-refractivity contribution in [3.8, 4) is 5.75 Å². The highest BCUT2D eigenvalue weighted by Gasteiger charge is 2.35. The number of hydrogen-bond donors (Lipinski definition) is 1. The van der Waals surface area contributed by atoms with Gasteiger partial charge in [0.05, 0.1) is 17.2 Å². The summed E-state index contributed by atoms with van der Waals surface area (Å²) in [5.74, 6) is -0.149. The zero-order valence-corrected chi connectivity index (χ0v) is 31.7. The SMILES string of the molecule is CCOc1ccc(N(CC(=O)N(Cc2ccc(Br)cc2)[C@@H](Cc2ccccc2)C(=O)NC2CCCCC2)S(=O)(=O)c2ccc(SC)cc2)cc1. The number of ether oxygens (including phenoxy) is 1. The summed E-state index contributed by atoms with van der Waals surface area (Å²) in [6, 6.07) is 29.6. The molecule has 0 spiro atoms. The summed E-state index contributed by atoms with van der Waals surface area (Å²) in [7, 11) is -4.21. The first-order chi connectivity index (χ1) is 24.2. The maximum absolute atomic E-state index is 14.8. The zero-order valence-electron chi connectivity index (χ0n) is 28.5. The average Bonchev–Trinajstić information content (AvgIpc) is 3.14. The van der Waals surface area contributed by atoms with Crippen LogP contribution < -0.4 is 14.4 Å². The number of sulfonamides is 1. The van der Waals surface area contributed by atoms with Crippen LogP contribution >= 0.6 is 27.7 Å². The normalized spacial score (nSPS) is 14.1. The second kappa shape index (κ2) is 17.9. The second-order valence-corrected chi connectivity index (χ2v) is 16.0. The molecule has 0 saturated heterocycles. The van der Waals surface area contributed by atoms with Crippen LogP contribution in [0, 0.1) is 0 Å². The molecule has 1 N–H and O–H groups in total. The number of thioether (sulfide) groups is 1. The molecular weight excluding hydrogens is 734 g/mol. The molecule has 264 valence electrons. The number of nitrogens with zero attached hydrogens (tertiary/aromatic N) is 2. The Hall–Kier alpha value is -3.80. The minimum atomic E-state index is -4.21. The van der Waals surface area contributed by atoms with Crippen LogP contribution in [-0.4, -0.2) is 56.6 Å². The van der Waals surface area contributed by atoms with Crippen LogP contribution in [0.2, 0.25) is 0 Å². The lowest BCUT2D eigenvalue weighted by Gasteiger charge is -2.35. The summed E-state index contributed by atoms with van der Waals surface area (Å²) in [5.41, 5.74) is 2.02. The van der Waals surface area contributed by atoms with Crippen LogP contribution in [0.15, 0.2) is 117 Å². The minimum absolute atomic E-state index is 0.0316. The molecule has 1 fully saturated rings. The summed E-state index contributed by atoms with van der Waals surface area (Å²) in [6.07, 6.45) is 7.21. The van der Waals surface area contributed by atoms with E-state index >= 15 is 0 Å². The van der Waals surface area contributed by atoms with Gasteiger partial charge in [-0.05, 0) is 97.8 Å². The summed E-state index contributed by atoms with van der Waals surface area (Å²) in [6.45, 7) is 1.93. The molecule has 1 aliphatic rings. The van der Waals surface area contributed by atoms with E-state index in [1.54, 1.807) is 53.4 Å². The molecule has 11 heteroatoms. The smallest absolute Gasteiger partial charge is 0.264 e. The average molecular weight is 779 g/mol. The highest BCUT2D eigenvalue weighted by atomic mass is 79.9. The van der Waals surface area contributed by atoms with Gasteiger partial charge in [0.15, 0.2) is 0 Å². The van der Waals surface area contributed by atoms with Gasteiger partial charge in [0.1, 0.15) is 18.3 Å². The molecule has 4 aromatic rings. The number of carbonyl (C=O) groups excluding carboxylic acids is 2. The van der Waals surface area contributed by atoms with E-state index < -0.39 is 28.5 Å². The quantitative estimate of drug-likeness (QED) is 0.124. The van der Waals surface area contributed by atoms with E-state index in [0.29, 0.717) is 18.0 Å². The topological polar surface area (TPSA) is 96.0 Å². The maximum atomic E-state index is 14.8. The van der Waals surface area contributed by atoms with Gasteiger partial charge >= 0.3 is 0 Å². The van der Waals surface area contributed by atoms with Crippen molar-refractivity contribution in [2.24, 2.45) is 0 Å². The number of benzene rings is 4. The van der Waals surface area contributed by atoms with Crippen molar-refractivity contribution in [3.05, 3.63) is 119 Å². The van der Waals surface area contributed by atoms with Crippen LogP contribution in [0.3, 0.4) is 0 Å². The molecule has 5 rings (SSSR count). The minimum Gasteiger partial charge on any atom is -0.494 e. The third kappa shape index (κ3) is 9.92. The predicted octanol–water partition coefficient (Wildman–Crippen LogP) is 7.85. The Balaban J connectivity index is 1.56. The van der Waals surface area contributed by atoms with Crippen molar-refractivity contribution in [2.75, 3.05) is 23.7 Å². The summed E-state index contributed by atoms with van der Waals surface area (Å²) < 4.78 is 36.4. The van der Waals surface area contributed by atoms with Gasteiger partial charge in [-0.2, -0.15) is 0 Å². The number of nitrogens with one attached hydrogen (secondary N) is 1. The zero-order chi connectivity index (χ0) is 35.5. The van der Waals surface area contributed by atoms with E-state index in [9.17, 15) is 18.0 Å². The van der Waals surface area contributed by atoms with Crippen molar-refractivity contribution < 1.29 is 22.7 Å². The number of rotatable bonds is 15. The van der Waals surface area contributed by atoms with Gasteiger partial charge in [0.2, 0.25) is 11.8 Å². The number of hydrogen-bond acceptors (Lipinski definition) is 6. The van der Waals surface area contributed by atoms with E-state index in [4.69, 9.17) is 4.74 Å². The van der Waals surface area contributed by atoms with Gasteiger partial charge in [0.25, 0.3) is 10.0 Å². The lowest BCUT2D eigenvalue weighted by atomic mass is 9.94. The number of carbonyl (C=O) groups is 2. The largest absolute Gasteiger partial charge is 0.494 e. The Morgan fingerprint density at radius 2 is 1.54 bits per heavy atom. The first-order valence-corrected chi connectivity index (χ1v) is 20.4. The molecule has 50 heavy (non-hydrogen) atoms. The molecule has 8 nitrogen and oxygen atoms in total. The Labute approximate surface area is 308 Å². The Bertz CT molecular complexity index is 1800. The van der Waals surface area contributed by atoms with Crippen molar-refractivity contribution in [1.82, 2.24) is 10.2 Å². The van der Waals surface area contributed by atoms with Crippen LogP contribution in [0.1, 0.15) is 50.2 Å². The third-order valence-electron chi connectivity index (χ3n) is 8.85. The third-order valence-corrected chi connectivity index (χ3v) is 11.9. The molecule has 0 unspecified atom stereocenters. The van der Waals surface area contributed by atoms with Gasteiger partial charge in [-0.15, -0.1) is 11.8 Å². The highest BCUT2D eigenvalue weighted by molar-refractivity contribution is 9.10. The molecule has 1 aliphatic carbocycles. The second-order valence-electron chi connectivity index (χ2n) is 12.3. The van der Waals surface area contributed by atoms with E-state index in [1.807, 2.05) is 67.8 Å². The van der Waals surface area contributed by atoms with Gasteiger partial charge in [0, 0.05) is 28.4 Å². The van der Waals surface area contributed by atoms with Crippen LogP contribution in [0.4, 0.5) is 5.69 Å². The molecule has 0 bridgehead atoms. The Kier molecular flexibility index (Phi) is 13.4. The van der Waals surface area contributed by atoms with Crippen LogP contribution in [0.5, 0.6) is 5.75 Å².